The van der Waals surface area contributed by atoms with Crippen LogP contribution in [0.4, 0.5) is 8.78 Å². The van der Waals surface area contributed by atoms with Gasteiger partial charge in [0.05, 0.1) is 29.3 Å². The first kappa shape index (κ1) is 28.3. The molecular weight excluding hydrogens is 434 g/mol. The van der Waals surface area contributed by atoms with Crippen molar-refractivity contribution >= 4 is 17.3 Å². The molecule has 2 aromatic rings. The molecule has 3 rings (SSSR count). The van der Waals surface area contributed by atoms with Crippen molar-refractivity contribution in [2.24, 2.45) is 7.05 Å². The van der Waals surface area contributed by atoms with Gasteiger partial charge in [-0.15, -0.1) is 0 Å². The van der Waals surface area contributed by atoms with E-state index in [1.807, 2.05) is 13.1 Å². The first-order valence-electron chi connectivity index (χ1n) is 11.0. The van der Waals surface area contributed by atoms with Gasteiger partial charge in [0.2, 0.25) is 0 Å². The highest BCUT2D eigenvalue weighted by molar-refractivity contribution is 5.83. The summed E-state index contributed by atoms with van der Waals surface area (Å²) < 4.78 is 36.0. The average Bonchev–Trinajstić information content (AvgIpc) is 3.10. The number of H-pyrrole nitrogens is 1. The first-order valence-corrected chi connectivity index (χ1v) is 11.0. The summed E-state index contributed by atoms with van der Waals surface area (Å²) in [6.07, 6.45) is 5.38. The molecule has 1 aromatic heterocycles. The van der Waals surface area contributed by atoms with Crippen LogP contribution in [0.25, 0.3) is 11.0 Å². The van der Waals surface area contributed by atoms with E-state index in [2.05, 4.69) is 17.2 Å². The molecule has 0 aliphatic heterocycles. The maximum absolute atomic E-state index is 12.0. The minimum absolute atomic E-state index is 0.133. The Hall–Kier alpha value is -2.77. The third-order valence-corrected chi connectivity index (χ3v) is 5.11. The number of hydrogen-bond donors (Lipinski definition) is 2. The van der Waals surface area contributed by atoms with Gasteiger partial charge in [0.15, 0.2) is 0 Å². The molecule has 1 heterocycles. The van der Waals surface area contributed by atoms with Crippen molar-refractivity contribution in [1.82, 2.24) is 14.9 Å². The molecule has 1 aliphatic rings. The molecule has 8 nitrogen and oxygen atoms in total. The van der Waals surface area contributed by atoms with E-state index in [9.17, 15) is 13.6 Å². The van der Waals surface area contributed by atoms with Crippen molar-refractivity contribution in [2.45, 2.75) is 64.5 Å². The predicted molar refractivity (Wildman–Crippen MR) is 123 cm³/mol. The molecule has 0 amide bonds. The second kappa shape index (κ2) is 15.1. The standard InChI is InChI=1S/C11H9F2N3O2.C10H21NO.C2H4O/c1-16-8-3-7(18-5-9(12)13)2-6(4-14)10(8)15-11(16)17;1-9(11-2)8-12-10-6-4-3-5-7-10;1-2-3/h2-3,9H,5H2,1H3,(H,15,17);9-11H,3-8H2,1-2H3;2H,1H3. The van der Waals surface area contributed by atoms with Crippen LogP contribution in [-0.2, 0) is 16.6 Å². The number of carbonyl (C=O) groups excluding carboxylic acids is 1. The highest BCUT2D eigenvalue weighted by atomic mass is 19.3. The van der Waals surface area contributed by atoms with Crippen LogP contribution in [0.3, 0.4) is 0 Å². The molecule has 0 saturated heterocycles. The lowest BCUT2D eigenvalue weighted by Crippen LogP contribution is -2.30. The normalized spacial score (nSPS) is 14.5. The van der Waals surface area contributed by atoms with E-state index >= 15 is 0 Å². The van der Waals surface area contributed by atoms with Gasteiger partial charge in [-0.05, 0) is 33.7 Å². The number of rotatable bonds is 7. The summed E-state index contributed by atoms with van der Waals surface area (Å²) in [5, 5.41) is 12.1. The maximum atomic E-state index is 12.0. The lowest BCUT2D eigenvalue weighted by atomic mass is 9.98. The van der Waals surface area contributed by atoms with Gasteiger partial charge in [0.1, 0.15) is 24.7 Å². The van der Waals surface area contributed by atoms with E-state index in [0.29, 0.717) is 23.2 Å². The van der Waals surface area contributed by atoms with Crippen LogP contribution in [-0.4, -0.2) is 54.7 Å². The molecule has 10 heteroatoms. The molecule has 184 valence electrons. The number of benzene rings is 1. The van der Waals surface area contributed by atoms with Crippen molar-refractivity contribution in [3.8, 4) is 11.8 Å². The summed E-state index contributed by atoms with van der Waals surface area (Å²) in [6.45, 7) is 3.71. The van der Waals surface area contributed by atoms with Gasteiger partial charge in [-0.25, -0.2) is 13.6 Å². The molecule has 33 heavy (non-hydrogen) atoms. The molecule has 1 fully saturated rings. The highest BCUT2D eigenvalue weighted by Crippen LogP contribution is 2.23. The number of alkyl halides is 2. The Kier molecular flexibility index (Phi) is 13.0. The lowest BCUT2D eigenvalue weighted by Gasteiger charge is -2.23. The highest BCUT2D eigenvalue weighted by Gasteiger charge is 2.14. The monoisotopic (exact) mass is 468 g/mol. The molecule has 1 aliphatic carbocycles. The van der Waals surface area contributed by atoms with Gasteiger partial charge >= 0.3 is 5.69 Å². The van der Waals surface area contributed by atoms with Crippen LogP contribution >= 0.6 is 0 Å². The van der Waals surface area contributed by atoms with Crippen molar-refractivity contribution in [3.63, 3.8) is 0 Å². The number of nitrogens with zero attached hydrogens (tertiary/aromatic N) is 2. The van der Waals surface area contributed by atoms with Gasteiger partial charge < -0.3 is 24.6 Å². The number of nitrogens with one attached hydrogen (secondary N) is 2. The molecular formula is C23H34F2N4O4. The SMILES string of the molecule is CC=O.CNC(C)COC1CCCCC1.Cn1c(=O)[nH]c2c(C#N)cc(OCC(F)F)cc21. The fraction of sp³-hybridized carbons (Fsp3) is 0.609. The Labute approximate surface area is 192 Å². The van der Waals surface area contributed by atoms with Crippen LogP contribution < -0.4 is 15.7 Å². The van der Waals surface area contributed by atoms with Gasteiger partial charge in [-0.3, -0.25) is 4.57 Å². The van der Waals surface area contributed by atoms with Crippen molar-refractivity contribution in [2.75, 3.05) is 20.3 Å². The smallest absolute Gasteiger partial charge is 0.326 e. The molecule has 0 spiro atoms. The number of likely N-dealkylation sites (N-methyl/N-ethyl adjacent to an activating group) is 1. The third kappa shape index (κ3) is 9.72. The molecule has 0 bridgehead atoms. The van der Waals surface area contributed by atoms with Crippen molar-refractivity contribution < 1.29 is 23.0 Å². The van der Waals surface area contributed by atoms with E-state index in [0.717, 1.165) is 12.9 Å². The Bertz CT molecular complexity index is 946. The van der Waals surface area contributed by atoms with E-state index in [1.165, 1.54) is 62.8 Å². The zero-order valence-corrected chi connectivity index (χ0v) is 19.7. The Morgan fingerprint density at radius 3 is 2.48 bits per heavy atom. The summed E-state index contributed by atoms with van der Waals surface area (Å²) in [5.74, 6) is 0.133. The van der Waals surface area contributed by atoms with Crippen LogP contribution in [0.5, 0.6) is 5.75 Å². The van der Waals surface area contributed by atoms with Gasteiger partial charge in [0, 0.05) is 25.2 Å². The first-order chi connectivity index (χ1) is 15.8. The van der Waals surface area contributed by atoms with E-state index in [4.69, 9.17) is 19.5 Å². The molecule has 1 aromatic carbocycles. The number of hydrogen-bond acceptors (Lipinski definition) is 6. The van der Waals surface area contributed by atoms with E-state index in [-0.39, 0.29) is 17.0 Å². The molecule has 2 N–H and O–H groups in total. The molecule has 0 radical (unpaired) electrons. The third-order valence-electron chi connectivity index (χ3n) is 5.11. The van der Waals surface area contributed by atoms with E-state index < -0.39 is 13.0 Å². The largest absolute Gasteiger partial charge is 0.488 e. The molecule has 1 saturated carbocycles. The fourth-order valence-electron chi connectivity index (χ4n) is 3.22. The van der Waals surface area contributed by atoms with Crippen molar-refractivity contribution in [3.05, 3.63) is 28.2 Å². The number of carbonyl (C=O) groups is 1. The second-order valence-corrected chi connectivity index (χ2v) is 7.69. The molecule has 1 atom stereocenters. The topological polar surface area (TPSA) is 109 Å². The minimum atomic E-state index is -2.60. The Balaban J connectivity index is 0.000000314. The van der Waals surface area contributed by atoms with Gasteiger partial charge in [-0.1, -0.05) is 19.3 Å². The molecule has 1 unspecified atom stereocenters. The summed E-state index contributed by atoms with van der Waals surface area (Å²) in [7, 11) is 3.49. The summed E-state index contributed by atoms with van der Waals surface area (Å²) in [5.41, 5.74) is 0.597. The van der Waals surface area contributed by atoms with Crippen LogP contribution in [0.2, 0.25) is 0 Å². The van der Waals surface area contributed by atoms with Crippen LogP contribution in [0, 0.1) is 11.3 Å². The average molecular weight is 469 g/mol. The lowest BCUT2D eigenvalue weighted by molar-refractivity contribution is -0.106. The second-order valence-electron chi connectivity index (χ2n) is 7.69. The fourth-order valence-corrected chi connectivity index (χ4v) is 3.22. The maximum Gasteiger partial charge on any atom is 0.326 e. The quantitative estimate of drug-likeness (QED) is 0.602. The number of aldehydes is 1. The summed E-state index contributed by atoms with van der Waals surface area (Å²) >= 11 is 0. The van der Waals surface area contributed by atoms with Gasteiger partial charge in [-0.2, -0.15) is 5.26 Å². The summed E-state index contributed by atoms with van der Waals surface area (Å²) in [6, 6.07) is 5.14. The van der Waals surface area contributed by atoms with Gasteiger partial charge in [0.25, 0.3) is 6.43 Å². The van der Waals surface area contributed by atoms with E-state index in [1.54, 1.807) is 0 Å². The number of ether oxygens (including phenoxy) is 2. The summed E-state index contributed by atoms with van der Waals surface area (Å²) in [4.78, 5) is 22.7. The number of imidazole rings is 1. The number of halogens is 2. The number of aryl methyl sites for hydroxylation is 1. The predicted octanol–water partition coefficient (Wildman–Crippen LogP) is 3.53. The number of nitriles is 1. The van der Waals surface area contributed by atoms with Crippen LogP contribution in [0.1, 0.15) is 51.5 Å². The number of aromatic nitrogens is 2. The zero-order chi connectivity index (χ0) is 24.8. The Morgan fingerprint density at radius 2 is 1.94 bits per heavy atom. The number of aromatic amines is 1. The minimum Gasteiger partial charge on any atom is -0.488 e. The zero-order valence-electron chi connectivity index (χ0n) is 19.7. The van der Waals surface area contributed by atoms with Crippen LogP contribution in [0.15, 0.2) is 16.9 Å². The Morgan fingerprint density at radius 1 is 1.30 bits per heavy atom. The number of fused-ring (bicyclic) bond motifs is 1. The van der Waals surface area contributed by atoms with Crippen molar-refractivity contribution in [1.29, 1.82) is 5.26 Å².